The average Bonchev–Trinajstić information content (AvgIpc) is 2.24. The molecule has 0 rings (SSSR count). The summed E-state index contributed by atoms with van der Waals surface area (Å²) >= 11 is 0. The molecule has 18 heavy (non-hydrogen) atoms. The summed E-state index contributed by atoms with van der Waals surface area (Å²) in [5.74, 6) is 0. The van der Waals surface area contributed by atoms with Crippen LogP contribution in [0.25, 0.3) is 0 Å². The van der Waals surface area contributed by atoms with Crippen molar-refractivity contribution in [1.29, 1.82) is 0 Å². The minimum absolute atomic E-state index is 0. The maximum Gasteiger partial charge on any atom is 0 e. The van der Waals surface area contributed by atoms with Crippen molar-refractivity contribution in [2.24, 2.45) is 0 Å². The molecule has 0 heterocycles. The first-order valence-corrected chi connectivity index (χ1v) is 5.40. The molecule has 0 aromatic carbocycles. The fraction of sp³-hybridized carbons (Fsp3) is 0.667. The molecule has 0 saturated heterocycles. The van der Waals surface area contributed by atoms with E-state index in [2.05, 4.69) is 37.5 Å². The summed E-state index contributed by atoms with van der Waals surface area (Å²) in [7, 11) is 0. The third kappa shape index (κ3) is 20.3. The van der Waals surface area contributed by atoms with E-state index in [0.717, 1.165) is 39.3 Å². The van der Waals surface area contributed by atoms with Crippen LogP contribution in [0.15, 0.2) is 0 Å². The van der Waals surface area contributed by atoms with Gasteiger partial charge in [0, 0.05) is 131 Å². The van der Waals surface area contributed by atoms with Gasteiger partial charge in [-0.05, 0) is 25.9 Å². The van der Waals surface area contributed by atoms with Crippen molar-refractivity contribution in [2.75, 3.05) is 39.3 Å². The molecule has 0 fully saturated rings. The number of rotatable bonds is 9. The van der Waals surface area contributed by atoms with Crippen molar-refractivity contribution >= 4 is 0 Å². The maximum atomic E-state index is 3.86. The second-order valence-corrected chi connectivity index (χ2v) is 3.39. The van der Waals surface area contributed by atoms with E-state index < -0.39 is 0 Å². The Morgan fingerprint density at radius 1 is 0.500 bits per heavy atom. The van der Waals surface area contributed by atoms with Gasteiger partial charge in [-0.2, -0.15) is 0 Å². The van der Waals surface area contributed by atoms with Crippen molar-refractivity contribution < 1.29 is 131 Å². The third-order valence-corrected chi connectivity index (χ3v) is 2.46. The van der Waals surface area contributed by atoms with Crippen LogP contribution in [0.5, 0.6) is 0 Å². The Bertz CT molecular complexity index is 107. The van der Waals surface area contributed by atoms with Crippen LogP contribution in [0.3, 0.4) is 0 Å². The maximum absolute atomic E-state index is 3.86. The van der Waals surface area contributed by atoms with E-state index in [9.17, 15) is 0 Å². The van der Waals surface area contributed by atoms with Crippen LogP contribution in [0.2, 0.25) is 0 Å². The molecule has 0 aliphatic rings. The smallest absolute Gasteiger partial charge is 0 e. The van der Waals surface area contributed by atoms with Gasteiger partial charge in [-0.1, -0.05) is 0 Å². The molecule has 0 aliphatic carbocycles. The van der Waals surface area contributed by atoms with Gasteiger partial charge >= 0.3 is 0 Å². The second kappa shape index (κ2) is 26.2. The van der Waals surface area contributed by atoms with Gasteiger partial charge in [0.25, 0.3) is 0 Å². The van der Waals surface area contributed by atoms with Gasteiger partial charge in [0.15, 0.2) is 0 Å². The van der Waals surface area contributed by atoms with Gasteiger partial charge in [-0.25, -0.2) is 0 Å². The van der Waals surface area contributed by atoms with E-state index >= 15 is 0 Å². The van der Waals surface area contributed by atoms with Crippen LogP contribution in [0.1, 0.15) is 12.8 Å². The van der Waals surface area contributed by atoms with Gasteiger partial charge in [-0.3, -0.25) is 0 Å². The average molecular weight is 552 g/mol. The molecule has 0 atom stereocenters. The van der Waals surface area contributed by atoms with Crippen molar-refractivity contribution in [1.82, 2.24) is 9.80 Å². The summed E-state index contributed by atoms with van der Waals surface area (Å²) in [5.41, 5.74) is 0. The summed E-state index contributed by atoms with van der Waals surface area (Å²) in [4.78, 5) is 4.50. The molecule has 6 heteroatoms. The summed E-state index contributed by atoms with van der Waals surface area (Å²) in [5, 5.41) is 0. The van der Waals surface area contributed by atoms with Crippen molar-refractivity contribution in [3.05, 3.63) is 27.7 Å². The van der Waals surface area contributed by atoms with Crippen LogP contribution in [-0.2, 0) is 131 Å². The molecule has 2 nitrogen and oxygen atoms in total. The van der Waals surface area contributed by atoms with Crippen molar-refractivity contribution in [2.45, 2.75) is 12.8 Å². The zero-order chi connectivity index (χ0) is 10.8. The van der Waals surface area contributed by atoms with Crippen LogP contribution in [0, 0.1) is 27.7 Å². The van der Waals surface area contributed by atoms with E-state index in [-0.39, 0.29) is 131 Å². The van der Waals surface area contributed by atoms with Gasteiger partial charge in [0.05, 0.1) is 0 Å². The molecule has 0 bridgehead atoms. The Morgan fingerprint density at radius 2 is 0.722 bits per heavy atom. The fourth-order valence-corrected chi connectivity index (χ4v) is 1.34. The summed E-state index contributed by atoms with van der Waals surface area (Å²) in [6.07, 6.45) is 2.42. The minimum atomic E-state index is 0. The Kier molecular flexibility index (Phi) is 49.3. The monoisotopic (exact) mass is 552 g/mol. The number of hydrogen-bond donors (Lipinski definition) is 0. The normalized spacial score (nSPS) is 9.00. The zero-order valence-electron chi connectivity index (χ0n) is 11.7. The Hall–Kier alpha value is 4.34. The predicted molar refractivity (Wildman–Crippen MR) is 63.5 cm³/mol. The third-order valence-electron chi connectivity index (χ3n) is 2.46. The summed E-state index contributed by atoms with van der Waals surface area (Å²) in [6.45, 7) is 21.1. The summed E-state index contributed by atoms with van der Waals surface area (Å²) in [6, 6.07) is 0. The molecule has 0 unspecified atom stereocenters. The number of unbranched alkanes of at least 4 members (excludes halogenated alkanes) is 1. The topological polar surface area (TPSA) is 6.48 Å². The first-order chi connectivity index (χ1) is 6.78. The molecule has 0 amide bonds. The molecular formula is C12H24N2Y4-4. The molecule has 0 spiro atoms. The van der Waals surface area contributed by atoms with Gasteiger partial charge in [-0.15, -0.1) is 26.2 Å². The molecule has 0 aromatic rings. The van der Waals surface area contributed by atoms with Gasteiger partial charge < -0.3 is 37.5 Å². The van der Waals surface area contributed by atoms with Gasteiger partial charge in [0.1, 0.15) is 0 Å². The zero-order valence-corrected chi connectivity index (χ0v) is 23.0. The van der Waals surface area contributed by atoms with E-state index in [1.54, 1.807) is 0 Å². The molecule has 98 valence electrons. The Balaban J connectivity index is -0.000000141. The predicted octanol–water partition coefficient (Wildman–Crippen LogP) is 1.70. The Labute approximate surface area is 216 Å². The van der Waals surface area contributed by atoms with Gasteiger partial charge in [0.2, 0.25) is 0 Å². The van der Waals surface area contributed by atoms with Crippen LogP contribution >= 0.6 is 0 Å². The number of hydrogen-bond acceptors (Lipinski definition) is 2. The van der Waals surface area contributed by atoms with Crippen molar-refractivity contribution in [3.63, 3.8) is 0 Å². The molecule has 4 radical (unpaired) electrons. The quantitative estimate of drug-likeness (QED) is 0.318. The first-order valence-electron chi connectivity index (χ1n) is 5.40. The first kappa shape index (κ1) is 33.8. The van der Waals surface area contributed by atoms with E-state index in [0.29, 0.717) is 0 Å². The number of nitrogens with zero attached hydrogens (tertiary/aromatic N) is 2. The standard InChI is InChI=1S/C12H24N2.4Y/c1-5-13(6-2)11-9-10-12-14(7-3)8-4;;;;/h1-12H2;;;;/q-4;;;;. The van der Waals surface area contributed by atoms with Crippen LogP contribution in [-0.4, -0.2) is 49.1 Å². The molecule has 0 saturated carbocycles. The molecule has 0 N–H and O–H groups in total. The van der Waals surface area contributed by atoms with Crippen LogP contribution < -0.4 is 0 Å². The molecule has 0 aliphatic heterocycles. The largest absolute Gasteiger partial charge is 0.363 e. The molecule has 0 aromatic heterocycles. The van der Waals surface area contributed by atoms with Crippen molar-refractivity contribution in [3.8, 4) is 0 Å². The Morgan fingerprint density at radius 3 is 0.889 bits per heavy atom. The molecular weight excluding hydrogens is 528 g/mol. The summed E-state index contributed by atoms with van der Waals surface area (Å²) < 4.78 is 0. The van der Waals surface area contributed by atoms with E-state index in [4.69, 9.17) is 0 Å². The van der Waals surface area contributed by atoms with Crippen LogP contribution in [0.4, 0.5) is 0 Å². The fourth-order valence-electron chi connectivity index (χ4n) is 1.34. The SMILES string of the molecule is [CH2-]CN(C[CH2-])CCCCN(C[CH2-])C[CH2-].[Y].[Y].[Y].[Y]. The van der Waals surface area contributed by atoms with E-state index in [1.165, 1.54) is 12.8 Å². The van der Waals surface area contributed by atoms with E-state index in [1.807, 2.05) is 0 Å². The second-order valence-electron chi connectivity index (χ2n) is 3.39. The minimum Gasteiger partial charge on any atom is -0.363 e.